The van der Waals surface area contributed by atoms with Crippen LogP contribution in [-0.2, 0) is 12.3 Å². The average Bonchev–Trinajstić information content (AvgIpc) is 2.46. The second kappa shape index (κ2) is 5.69. The fourth-order valence-electron chi connectivity index (χ4n) is 1.64. The molecule has 0 spiro atoms. The van der Waals surface area contributed by atoms with E-state index in [2.05, 4.69) is 20.3 Å². The smallest absolute Gasteiger partial charge is 0.306 e. The van der Waals surface area contributed by atoms with E-state index in [1.54, 1.807) is 12.3 Å². The Morgan fingerprint density at radius 1 is 1.11 bits per heavy atom. The topological polar surface area (TPSA) is 50.7 Å². The number of anilines is 1. The van der Waals surface area contributed by atoms with Crippen molar-refractivity contribution in [2.75, 3.05) is 11.9 Å². The van der Waals surface area contributed by atoms with Gasteiger partial charge in [-0.05, 0) is 18.6 Å². The van der Waals surface area contributed by atoms with Gasteiger partial charge in [0.05, 0.1) is 12.2 Å². The van der Waals surface area contributed by atoms with Crippen molar-refractivity contribution in [2.45, 2.75) is 19.3 Å². The molecule has 0 amide bonds. The summed E-state index contributed by atoms with van der Waals surface area (Å²) in [6.45, 7) is 1.34. The molecule has 1 N–H and O–H groups in total. The number of aryl methyl sites for hydroxylation is 1. The van der Waals surface area contributed by atoms with Gasteiger partial charge in [0.1, 0.15) is 11.5 Å². The lowest BCUT2D eigenvalue weighted by Crippen LogP contribution is -2.26. The van der Waals surface area contributed by atoms with Crippen LogP contribution in [0, 0.1) is 0 Å². The summed E-state index contributed by atoms with van der Waals surface area (Å²) in [5.41, 5.74) is 0.406. The van der Waals surface area contributed by atoms with Crippen molar-refractivity contribution in [1.29, 1.82) is 0 Å². The SMILES string of the molecule is CCc1nccnc1NCC(F)(F)c1ccccn1. The van der Waals surface area contributed by atoms with E-state index in [0.717, 1.165) is 0 Å². The predicted octanol–water partition coefficient (Wildman–Crippen LogP) is 2.64. The highest BCUT2D eigenvalue weighted by molar-refractivity contribution is 5.39. The molecule has 19 heavy (non-hydrogen) atoms. The zero-order valence-electron chi connectivity index (χ0n) is 10.5. The molecule has 100 valence electrons. The van der Waals surface area contributed by atoms with E-state index in [9.17, 15) is 8.78 Å². The number of nitrogens with zero attached hydrogens (tertiary/aromatic N) is 3. The number of rotatable bonds is 5. The summed E-state index contributed by atoms with van der Waals surface area (Å²) in [7, 11) is 0. The molecular weight excluding hydrogens is 250 g/mol. The Balaban J connectivity index is 2.10. The van der Waals surface area contributed by atoms with E-state index >= 15 is 0 Å². The lowest BCUT2D eigenvalue weighted by Gasteiger charge is -2.17. The molecule has 0 unspecified atom stereocenters. The first-order chi connectivity index (χ1) is 9.13. The second-order valence-corrected chi connectivity index (χ2v) is 3.98. The van der Waals surface area contributed by atoms with Gasteiger partial charge in [0, 0.05) is 18.6 Å². The largest absolute Gasteiger partial charge is 0.362 e. The fraction of sp³-hybridized carbons (Fsp3) is 0.308. The van der Waals surface area contributed by atoms with Gasteiger partial charge in [-0.15, -0.1) is 0 Å². The van der Waals surface area contributed by atoms with Crippen LogP contribution in [0.2, 0.25) is 0 Å². The summed E-state index contributed by atoms with van der Waals surface area (Å²) in [4.78, 5) is 11.8. The Kier molecular flexibility index (Phi) is 3.99. The third-order valence-electron chi connectivity index (χ3n) is 2.63. The first-order valence-electron chi connectivity index (χ1n) is 5.96. The number of nitrogens with one attached hydrogen (secondary N) is 1. The zero-order chi connectivity index (χ0) is 13.7. The van der Waals surface area contributed by atoms with Gasteiger partial charge in [-0.25, -0.2) is 4.98 Å². The minimum Gasteiger partial charge on any atom is -0.362 e. The summed E-state index contributed by atoms with van der Waals surface area (Å²) < 4.78 is 27.8. The average molecular weight is 264 g/mol. The highest BCUT2D eigenvalue weighted by Crippen LogP contribution is 2.26. The number of hydrogen-bond donors (Lipinski definition) is 1. The monoisotopic (exact) mass is 264 g/mol. The maximum Gasteiger partial charge on any atom is 0.306 e. The fourth-order valence-corrected chi connectivity index (χ4v) is 1.64. The number of aromatic nitrogens is 3. The predicted molar refractivity (Wildman–Crippen MR) is 68.0 cm³/mol. The quantitative estimate of drug-likeness (QED) is 0.902. The molecular formula is C13H14F2N4. The van der Waals surface area contributed by atoms with E-state index in [4.69, 9.17) is 0 Å². The lowest BCUT2D eigenvalue weighted by atomic mass is 10.2. The first-order valence-corrected chi connectivity index (χ1v) is 5.96. The van der Waals surface area contributed by atoms with Crippen molar-refractivity contribution < 1.29 is 8.78 Å². The Bertz CT molecular complexity index is 531. The van der Waals surface area contributed by atoms with Gasteiger partial charge in [-0.1, -0.05) is 13.0 Å². The van der Waals surface area contributed by atoms with Crippen LogP contribution in [0.4, 0.5) is 14.6 Å². The molecule has 4 nitrogen and oxygen atoms in total. The van der Waals surface area contributed by atoms with Gasteiger partial charge in [0.2, 0.25) is 0 Å². The van der Waals surface area contributed by atoms with Crippen LogP contribution in [-0.4, -0.2) is 21.5 Å². The van der Waals surface area contributed by atoms with Crippen molar-refractivity contribution in [3.63, 3.8) is 0 Å². The first kappa shape index (κ1) is 13.3. The van der Waals surface area contributed by atoms with Crippen molar-refractivity contribution in [1.82, 2.24) is 15.0 Å². The molecule has 0 bridgehead atoms. The molecule has 0 aliphatic heterocycles. The molecule has 2 aromatic rings. The minimum absolute atomic E-state index is 0.260. The molecule has 2 aromatic heterocycles. The maximum absolute atomic E-state index is 13.9. The number of alkyl halides is 2. The Labute approximate surface area is 109 Å². The molecule has 0 aliphatic carbocycles. The van der Waals surface area contributed by atoms with Crippen LogP contribution in [0.5, 0.6) is 0 Å². The van der Waals surface area contributed by atoms with Crippen LogP contribution < -0.4 is 5.32 Å². The number of hydrogen-bond acceptors (Lipinski definition) is 4. The molecule has 0 aliphatic rings. The van der Waals surface area contributed by atoms with Crippen LogP contribution >= 0.6 is 0 Å². The van der Waals surface area contributed by atoms with Gasteiger partial charge in [0.25, 0.3) is 0 Å². The standard InChI is InChI=1S/C13H14F2N4/c1-2-10-12(18-8-7-16-10)19-9-13(14,15)11-5-3-4-6-17-11/h3-8H,2,9H2,1H3,(H,18,19). The van der Waals surface area contributed by atoms with Gasteiger partial charge >= 0.3 is 5.92 Å². The van der Waals surface area contributed by atoms with Gasteiger partial charge in [0.15, 0.2) is 0 Å². The molecule has 2 heterocycles. The van der Waals surface area contributed by atoms with Crippen LogP contribution in [0.25, 0.3) is 0 Å². The highest BCUT2D eigenvalue weighted by Gasteiger charge is 2.33. The van der Waals surface area contributed by atoms with Gasteiger partial charge < -0.3 is 5.32 Å². The van der Waals surface area contributed by atoms with E-state index < -0.39 is 12.5 Å². The number of halogens is 2. The summed E-state index contributed by atoms with van der Waals surface area (Å²) in [6.07, 6.45) is 5.00. The summed E-state index contributed by atoms with van der Waals surface area (Å²) in [5, 5.41) is 2.64. The molecule has 6 heteroatoms. The number of pyridine rings is 1. The summed E-state index contributed by atoms with van der Waals surface area (Å²) in [6, 6.07) is 4.44. The van der Waals surface area contributed by atoms with Gasteiger partial charge in [-0.3, -0.25) is 9.97 Å². The Morgan fingerprint density at radius 2 is 1.89 bits per heavy atom. The summed E-state index contributed by atoms with van der Waals surface area (Å²) >= 11 is 0. The van der Waals surface area contributed by atoms with Crippen molar-refractivity contribution in [2.24, 2.45) is 0 Å². The normalized spacial score (nSPS) is 11.3. The van der Waals surface area contributed by atoms with Crippen LogP contribution in [0.3, 0.4) is 0 Å². The minimum atomic E-state index is -3.05. The maximum atomic E-state index is 13.9. The highest BCUT2D eigenvalue weighted by atomic mass is 19.3. The van der Waals surface area contributed by atoms with E-state index in [1.165, 1.54) is 24.5 Å². The molecule has 0 radical (unpaired) electrons. The van der Waals surface area contributed by atoms with E-state index in [1.807, 2.05) is 6.92 Å². The van der Waals surface area contributed by atoms with Crippen LogP contribution in [0.15, 0.2) is 36.8 Å². The summed E-state index contributed by atoms with van der Waals surface area (Å²) in [5.74, 6) is -2.66. The molecule has 0 aromatic carbocycles. The van der Waals surface area contributed by atoms with Crippen molar-refractivity contribution >= 4 is 5.82 Å². The van der Waals surface area contributed by atoms with E-state index in [-0.39, 0.29) is 5.69 Å². The third-order valence-corrected chi connectivity index (χ3v) is 2.63. The van der Waals surface area contributed by atoms with Gasteiger partial charge in [-0.2, -0.15) is 8.78 Å². The lowest BCUT2D eigenvalue weighted by molar-refractivity contribution is 0.00590. The molecule has 2 rings (SSSR count). The molecule has 0 atom stereocenters. The van der Waals surface area contributed by atoms with Crippen LogP contribution in [0.1, 0.15) is 18.3 Å². The zero-order valence-corrected chi connectivity index (χ0v) is 10.5. The Hall–Kier alpha value is -2.11. The van der Waals surface area contributed by atoms with E-state index in [0.29, 0.717) is 17.9 Å². The molecule has 0 saturated carbocycles. The third kappa shape index (κ3) is 3.21. The molecule has 0 saturated heterocycles. The molecule has 0 fully saturated rings. The second-order valence-electron chi connectivity index (χ2n) is 3.98. The Morgan fingerprint density at radius 3 is 2.58 bits per heavy atom. The van der Waals surface area contributed by atoms with Crippen molar-refractivity contribution in [3.8, 4) is 0 Å². The van der Waals surface area contributed by atoms with Crippen molar-refractivity contribution in [3.05, 3.63) is 48.2 Å².